The lowest BCUT2D eigenvalue weighted by Gasteiger charge is -2.67. The van der Waals surface area contributed by atoms with Gasteiger partial charge in [-0.1, -0.05) is 64.7 Å². The van der Waals surface area contributed by atoms with Crippen molar-refractivity contribution in [3.8, 4) is 0 Å². The van der Waals surface area contributed by atoms with Crippen LogP contribution in [0.25, 0.3) is 0 Å². The van der Waals surface area contributed by atoms with Gasteiger partial charge in [-0.25, -0.2) is 0 Å². The molecule has 17 atom stereocenters. The van der Waals surface area contributed by atoms with Gasteiger partial charge >= 0.3 is 0 Å². The number of fused-ring (bicyclic) bond motifs is 2. The summed E-state index contributed by atoms with van der Waals surface area (Å²) in [5.41, 5.74) is 2.07. The molecule has 1 saturated heterocycles. The number of aliphatic hydroxyl groups excluding tert-OH is 4. The number of nitrogens with two attached hydrogens (primary N) is 1. The molecule has 0 aromatic carbocycles. The summed E-state index contributed by atoms with van der Waals surface area (Å²) in [6, 6.07) is 0. The minimum atomic E-state index is -1.67. The standard InChI is InChI=1S/C46H74N4O8/c1-7-8-9-10-11-30-23-58-39(27(30)3)41(55)43(5,56)34-15-17-46(57)36-37(50-21-26(2)51)38(54)31-18-32(52)33(53)20-45(31)19-28(29-12-13-35(47)49-22-29)14-16-44(25-48-6,40(36)45)24-42(34,46)4/h12-14,16,22,26-28,30-35,39-41,48-53,55-57H,7-11,15,17-21,23-25,47H2,1-6H3. The predicted octanol–water partition coefficient (Wildman–Crippen LogP) is 2.92. The molecule has 0 radical (unpaired) electrons. The Kier molecular flexibility index (Phi) is 12.3. The van der Waals surface area contributed by atoms with E-state index in [1.54, 1.807) is 13.8 Å². The van der Waals surface area contributed by atoms with Gasteiger partial charge in [0.2, 0.25) is 0 Å². The van der Waals surface area contributed by atoms with E-state index in [4.69, 9.17) is 10.5 Å². The third-order valence-corrected chi connectivity index (χ3v) is 16.6. The molecule has 0 aromatic rings. The summed E-state index contributed by atoms with van der Waals surface area (Å²) in [5, 5.41) is 82.5. The van der Waals surface area contributed by atoms with Crippen molar-refractivity contribution >= 4 is 5.78 Å². The Morgan fingerprint density at radius 3 is 2.57 bits per heavy atom. The van der Waals surface area contributed by atoms with Crippen LogP contribution in [0, 0.1) is 51.8 Å². The molecule has 17 unspecified atom stereocenters. The highest BCUT2D eigenvalue weighted by molar-refractivity contribution is 6.00. The Hall–Kier alpha value is -2.13. The summed E-state index contributed by atoms with van der Waals surface area (Å²) in [5.74, 6) is -1.81. The minimum Gasteiger partial charge on any atom is -0.392 e. The lowest BCUT2D eigenvalue weighted by atomic mass is 9.37. The van der Waals surface area contributed by atoms with Gasteiger partial charge in [0.05, 0.1) is 54.1 Å². The summed E-state index contributed by atoms with van der Waals surface area (Å²) >= 11 is 0. The molecule has 7 rings (SSSR count). The van der Waals surface area contributed by atoms with E-state index < -0.39 is 75.7 Å². The van der Waals surface area contributed by atoms with Crippen LogP contribution < -0.4 is 21.7 Å². The van der Waals surface area contributed by atoms with Crippen LogP contribution in [0.15, 0.2) is 47.3 Å². The van der Waals surface area contributed by atoms with Gasteiger partial charge in [0.25, 0.3) is 0 Å². The van der Waals surface area contributed by atoms with Gasteiger partial charge in [-0.05, 0) is 106 Å². The fraction of sp³-hybridized carbons (Fsp3) is 0.804. The topological polar surface area (TPSA) is 210 Å². The highest BCUT2D eigenvalue weighted by atomic mass is 16.5. The van der Waals surface area contributed by atoms with Crippen LogP contribution in [0.3, 0.4) is 0 Å². The van der Waals surface area contributed by atoms with Crippen LogP contribution >= 0.6 is 0 Å². The van der Waals surface area contributed by atoms with Crippen molar-refractivity contribution in [3.63, 3.8) is 0 Å². The maximum atomic E-state index is 15.3. The molecule has 12 heteroatoms. The second-order valence-corrected chi connectivity index (χ2v) is 20.3. The average molecular weight is 811 g/mol. The van der Waals surface area contributed by atoms with Crippen molar-refractivity contribution in [3.05, 3.63) is 47.3 Å². The Morgan fingerprint density at radius 2 is 1.90 bits per heavy atom. The molecule has 3 saturated carbocycles. The van der Waals surface area contributed by atoms with Gasteiger partial charge in [0.15, 0.2) is 5.78 Å². The zero-order chi connectivity index (χ0) is 42.0. The van der Waals surface area contributed by atoms with Gasteiger partial charge in [-0.2, -0.15) is 0 Å². The molecule has 0 amide bonds. The number of unbranched alkanes of at least 4 members (excludes halogenated alkanes) is 3. The Morgan fingerprint density at radius 1 is 1.14 bits per heavy atom. The summed E-state index contributed by atoms with van der Waals surface area (Å²) in [6.45, 7) is 10.8. The average Bonchev–Trinajstić information content (AvgIpc) is 3.63. The first-order chi connectivity index (χ1) is 27.4. The highest BCUT2D eigenvalue weighted by Gasteiger charge is 2.76. The van der Waals surface area contributed by atoms with Crippen molar-refractivity contribution in [2.45, 2.75) is 153 Å². The number of hydrogen-bond acceptors (Lipinski definition) is 12. The van der Waals surface area contributed by atoms with E-state index in [1.807, 2.05) is 32.3 Å². The Bertz CT molecular complexity index is 1660. The number of aliphatic hydroxyl groups is 6. The number of rotatable bonds is 14. The summed E-state index contributed by atoms with van der Waals surface area (Å²) in [7, 11) is 1.91. The third-order valence-electron chi connectivity index (χ3n) is 16.6. The molecule has 326 valence electrons. The first-order valence-corrected chi connectivity index (χ1v) is 22.5. The van der Waals surface area contributed by atoms with E-state index in [-0.39, 0.29) is 61.2 Å². The lowest BCUT2D eigenvalue weighted by molar-refractivity contribution is -0.212. The quantitative estimate of drug-likeness (QED) is 0.0908. The maximum Gasteiger partial charge on any atom is 0.182 e. The third kappa shape index (κ3) is 6.98. The lowest BCUT2D eigenvalue weighted by Crippen LogP contribution is -2.70. The SMILES string of the molecule is CCCCCCC1COC(C(O)C(C)(O)C2CCC3(O)C4=C(NCC(C)O)C(=O)C5CC(O)C(O)CC56CC(C5=CNC(N)C=C5)C=CC(CNC)(CC23C)C46)C1C. The molecule has 5 aliphatic carbocycles. The first-order valence-electron chi connectivity index (χ1n) is 22.5. The zero-order valence-corrected chi connectivity index (χ0v) is 35.8. The summed E-state index contributed by atoms with van der Waals surface area (Å²) < 4.78 is 6.35. The molecule has 0 bridgehead atoms. The van der Waals surface area contributed by atoms with E-state index >= 15 is 4.79 Å². The number of ketones is 1. The van der Waals surface area contributed by atoms with Crippen LogP contribution in [0.5, 0.6) is 0 Å². The zero-order valence-electron chi connectivity index (χ0n) is 35.8. The first kappa shape index (κ1) is 43.9. The molecular weight excluding hydrogens is 737 g/mol. The van der Waals surface area contributed by atoms with Gasteiger partial charge in [-0.3, -0.25) is 4.79 Å². The van der Waals surface area contributed by atoms with E-state index in [9.17, 15) is 30.6 Å². The summed E-state index contributed by atoms with van der Waals surface area (Å²) in [4.78, 5) is 15.3. The van der Waals surface area contributed by atoms with Crippen molar-refractivity contribution < 1.29 is 40.2 Å². The van der Waals surface area contributed by atoms with Gasteiger partial charge < -0.3 is 57.1 Å². The van der Waals surface area contributed by atoms with Crippen molar-refractivity contribution in [2.75, 3.05) is 26.7 Å². The van der Waals surface area contributed by atoms with Crippen LogP contribution in [-0.2, 0) is 9.53 Å². The Labute approximate surface area is 345 Å². The van der Waals surface area contributed by atoms with Crippen molar-refractivity contribution in [2.24, 2.45) is 57.5 Å². The number of allylic oxidation sites excluding steroid dienone is 4. The molecule has 58 heavy (non-hydrogen) atoms. The molecule has 12 nitrogen and oxygen atoms in total. The fourth-order valence-electron chi connectivity index (χ4n) is 13.9. The van der Waals surface area contributed by atoms with Crippen LogP contribution in [0.4, 0.5) is 0 Å². The van der Waals surface area contributed by atoms with Crippen molar-refractivity contribution in [1.29, 1.82) is 0 Å². The van der Waals surface area contributed by atoms with E-state index in [2.05, 4.69) is 41.9 Å². The number of carbonyl (C=O) groups excluding carboxylic acids is 1. The van der Waals surface area contributed by atoms with Crippen molar-refractivity contribution in [1.82, 2.24) is 16.0 Å². The molecular formula is C46H74N4O8. The minimum absolute atomic E-state index is 0.0382. The van der Waals surface area contributed by atoms with Crippen LogP contribution in [0.1, 0.15) is 105 Å². The molecule has 1 spiro atoms. The fourth-order valence-corrected chi connectivity index (χ4v) is 13.9. The van der Waals surface area contributed by atoms with Gasteiger partial charge in [0, 0.05) is 47.9 Å². The number of dihydropyridines is 1. The summed E-state index contributed by atoms with van der Waals surface area (Å²) in [6.07, 6.45) is 12.7. The van der Waals surface area contributed by atoms with Crippen LogP contribution in [0.2, 0.25) is 0 Å². The second-order valence-electron chi connectivity index (χ2n) is 20.3. The molecule has 4 fully saturated rings. The normalized spacial score (nSPS) is 45.3. The smallest absolute Gasteiger partial charge is 0.182 e. The highest BCUT2D eigenvalue weighted by Crippen LogP contribution is 2.75. The Balaban J connectivity index is 1.37. The predicted molar refractivity (Wildman–Crippen MR) is 222 cm³/mol. The number of ether oxygens (including phenoxy) is 1. The number of carbonyl (C=O) groups is 1. The number of nitrogens with one attached hydrogen (secondary N) is 3. The largest absolute Gasteiger partial charge is 0.392 e. The second kappa shape index (κ2) is 16.3. The van der Waals surface area contributed by atoms with E-state index in [0.717, 1.165) is 24.8 Å². The van der Waals surface area contributed by atoms with E-state index in [1.165, 1.54) is 12.8 Å². The van der Waals surface area contributed by atoms with Crippen LogP contribution in [-0.4, -0.2) is 111 Å². The molecule has 2 heterocycles. The van der Waals surface area contributed by atoms with Gasteiger partial charge in [0.1, 0.15) is 6.10 Å². The molecule has 7 aliphatic rings. The molecule has 2 aliphatic heterocycles. The molecule has 11 N–H and O–H groups in total. The van der Waals surface area contributed by atoms with Gasteiger partial charge in [-0.15, -0.1) is 0 Å². The maximum absolute atomic E-state index is 15.3. The van der Waals surface area contributed by atoms with E-state index in [0.29, 0.717) is 38.0 Å². The monoisotopic (exact) mass is 811 g/mol. The molecule has 0 aromatic heterocycles. The number of Topliss-reactive ketones (excluding diaryl/α,β-unsaturated/α-hetero) is 1. The number of hydrogen-bond donors (Lipinski definition) is 10.